The van der Waals surface area contributed by atoms with Crippen LogP contribution in [0, 0.1) is 10.1 Å². The first-order chi connectivity index (χ1) is 13.6. The Hall–Kier alpha value is -2.45. The largest absolute Gasteiger partial charge is 0.484 e. The van der Waals surface area contributed by atoms with E-state index in [0.717, 1.165) is 13.1 Å². The Morgan fingerprint density at radius 3 is 2.50 bits per heavy atom. The molecule has 0 unspecified atom stereocenters. The topological polar surface area (TPSA) is 84.7 Å². The lowest BCUT2D eigenvalue weighted by atomic mass is 10.2. The fraction of sp³-hybridized carbons (Fsp3) is 0.450. The fourth-order valence-corrected chi connectivity index (χ4v) is 4.23. The molecular formula is C20H25N3O4S. The van der Waals surface area contributed by atoms with E-state index in [-0.39, 0.29) is 24.2 Å². The van der Waals surface area contributed by atoms with Gasteiger partial charge in [0.1, 0.15) is 5.75 Å². The van der Waals surface area contributed by atoms with Crippen LogP contribution in [-0.2, 0) is 4.79 Å². The van der Waals surface area contributed by atoms with Gasteiger partial charge in [0.2, 0.25) is 0 Å². The molecule has 1 aromatic heterocycles. The molecule has 1 atom stereocenters. The zero-order valence-electron chi connectivity index (χ0n) is 15.7. The van der Waals surface area contributed by atoms with E-state index in [1.54, 1.807) is 11.3 Å². The van der Waals surface area contributed by atoms with Crippen molar-refractivity contribution in [3.05, 3.63) is 56.8 Å². The third kappa shape index (κ3) is 5.77. The minimum absolute atomic E-state index is 0.00644. The molecule has 7 nitrogen and oxygen atoms in total. The van der Waals surface area contributed by atoms with Gasteiger partial charge in [-0.2, -0.15) is 0 Å². The molecule has 1 amide bonds. The molecule has 0 aliphatic carbocycles. The maximum atomic E-state index is 12.3. The van der Waals surface area contributed by atoms with Gasteiger partial charge in [-0.3, -0.25) is 19.8 Å². The Morgan fingerprint density at radius 1 is 1.18 bits per heavy atom. The number of hydrogen-bond donors (Lipinski definition) is 1. The van der Waals surface area contributed by atoms with E-state index in [2.05, 4.69) is 21.7 Å². The van der Waals surface area contributed by atoms with Crippen LogP contribution in [-0.4, -0.2) is 42.0 Å². The molecule has 1 saturated heterocycles. The van der Waals surface area contributed by atoms with Crippen molar-refractivity contribution < 1.29 is 14.5 Å². The minimum atomic E-state index is -0.468. The van der Waals surface area contributed by atoms with E-state index < -0.39 is 4.92 Å². The third-order valence-corrected chi connectivity index (χ3v) is 5.84. The Kier molecular flexibility index (Phi) is 7.39. The molecule has 0 bridgehead atoms. The van der Waals surface area contributed by atoms with Gasteiger partial charge in [0, 0.05) is 23.6 Å². The van der Waals surface area contributed by atoms with Gasteiger partial charge in [-0.1, -0.05) is 18.9 Å². The maximum absolute atomic E-state index is 12.3. The summed E-state index contributed by atoms with van der Waals surface area (Å²) in [5.41, 5.74) is -0.00644. The van der Waals surface area contributed by atoms with Gasteiger partial charge in [-0.25, -0.2) is 0 Å². The van der Waals surface area contributed by atoms with E-state index in [4.69, 9.17) is 4.74 Å². The summed E-state index contributed by atoms with van der Waals surface area (Å²) in [6.45, 7) is 2.54. The second-order valence-corrected chi connectivity index (χ2v) is 7.80. The highest BCUT2D eigenvalue weighted by molar-refractivity contribution is 7.10. The van der Waals surface area contributed by atoms with Crippen molar-refractivity contribution in [3.8, 4) is 5.75 Å². The Morgan fingerprint density at radius 2 is 1.89 bits per heavy atom. The minimum Gasteiger partial charge on any atom is -0.484 e. The number of carbonyl (C=O) groups excluding carboxylic acids is 1. The van der Waals surface area contributed by atoms with Crippen LogP contribution in [0.25, 0.3) is 0 Å². The van der Waals surface area contributed by atoms with Crippen molar-refractivity contribution in [1.29, 1.82) is 0 Å². The van der Waals surface area contributed by atoms with E-state index in [9.17, 15) is 14.9 Å². The monoisotopic (exact) mass is 403 g/mol. The zero-order chi connectivity index (χ0) is 19.8. The molecule has 3 rings (SSSR count). The first-order valence-electron chi connectivity index (χ1n) is 9.55. The average Bonchev–Trinajstić information content (AvgIpc) is 3.09. The quantitative estimate of drug-likeness (QED) is 0.536. The predicted octanol–water partition coefficient (Wildman–Crippen LogP) is 3.77. The van der Waals surface area contributed by atoms with Crippen molar-refractivity contribution in [3.63, 3.8) is 0 Å². The molecule has 8 heteroatoms. The van der Waals surface area contributed by atoms with Gasteiger partial charge in [0.15, 0.2) is 6.61 Å². The molecule has 1 aromatic carbocycles. The van der Waals surface area contributed by atoms with Crippen molar-refractivity contribution in [2.45, 2.75) is 31.7 Å². The van der Waals surface area contributed by atoms with Crippen LogP contribution in [0.2, 0.25) is 0 Å². The molecular weight excluding hydrogens is 378 g/mol. The van der Waals surface area contributed by atoms with Gasteiger partial charge >= 0.3 is 0 Å². The molecule has 0 radical (unpaired) electrons. The molecule has 1 aliphatic heterocycles. The van der Waals surface area contributed by atoms with E-state index in [1.807, 2.05) is 6.07 Å². The molecule has 1 N–H and O–H groups in total. The van der Waals surface area contributed by atoms with E-state index in [0.29, 0.717) is 12.3 Å². The highest BCUT2D eigenvalue weighted by atomic mass is 32.1. The smallest absolute Gasteiger partial charge is 0.269 e. The van der Waals surface area contributed by atoms with Gasteiger partial charge < -0.3 is 10.1 Å². The fourth-order valence-electron chi connectivity index (χ4n) is 3.37. The molecule has 150 valence electrons. The van der Waals surface area contributed by atoms with Gasteiger partial charge in [-0.05, 0) is 49.5 Å². The average molecular weight is 404 g/mol. The van der Waals surface area contributed by atoms with Gasteiger partial charge in [0.05, 0.1) is 11.0 Å². The number of rotatable bonds is 8. The summed E-state index contributed by atoms with van der Waals surface area (Å²) in [5, 5.41) is 15.7. The number of nitrogens with zero attached hydrogens (tertiary/aromatic N) is 2. The standard InChI is InChI=1S/C20H25N3O4S/c24-20(15-27-17-9-7-16(8-10-17)23(25)26)21-14-18(19-6-5-13-28-19)22-11-3-1-2-4-12-22/h5-10,13,18H,1-4,11-12,14-15H2,(H,21,24)/t18-/m1/s1. The van der Waals surface area contributed by atoms with Crippen molar-refractivity contribution in [2.24, 2.45) is 0 Å². The molecule has 0 spiro atoms. The number of likely N-dealkylation sites (tertiary alicyclic amines) is 1. The summed E-state index contributed by atoms with van der Waals surface area (Å²) in [5.74, 6) is 0.234. The SMILES string of the molecule is O=C(COc1ccc([N+](=O)[O-])cc1)NC[C@H](c1cccs1)N1CCCCCC1. The van der Waals surface area contributed by atoms with Gasteiger partial charge in [0.25, 0.3) is 11.6 Å². The number of nitro benzene ring substituents is 1. The molecule has 2 heterocycles. The van der Waals surface area contributed by atoms with Crippen LogP contribution >= 0.6 is 11.3 Å². The van der Waals surface area contributed by atoms with Crippen LogP contribution < -0.4 is 10.1 Å². The molecule has 0 saturated carbocycles. The number of ether oxygens (including phenoxy) is 1. The highest BCUT2D eigenvalue weighted by Gasteiger charge is 2.23. The van der Waals surface area contributed by atoms with Crippen molar-refractivity contribution >= 4 is 22.9 Å². The number of nitrogens with one attached hydrogen (secondary N) is 1. The number of thiophene rings is 1. The predicted molar refractivity (Wildman–Crippen MR) is 109 cm³/mol. The molecule has 1 fully saturated rings. The number of carbonyl (C=O) groups is 1. The number of benzene rings is 1. The normalized spacial score (nSPS) is 16.1. The third-order valence-electron chi connectivity index (χ3n) is 4.86. The summed E-state index contributed by atoms with van der Waals surface area (Å²) < 4.78 is 5.45. The van der Waals surface area contributed by atoms with Crippen LogP contribution in [0.3, 0.4) is 0 Å². The molecule has 1 aliphatic rings. The Bertz CT molecular complexity index is 756. The summed E-state index contributed by atoms with van der Waals surface area (Å²) in [6, 6.07) is 10.1. The summed E-state index contributed by atoms with van der Waals surface area (Å²) >= 11 is 1.72. The van der Waals surface area contributed by atoms with E-state index >= 15 is 0 Å². The van der Waals surface area contributed by atoms with Crippen LogP contribution in [0.1, 0.15) is 36.6 Å². The lowest BCUT2D eigenvalue weighted by molar-refractivity contribution is -0.384. The maximum Gasteiger partial charge on any atom is 0.269 e. The number of nitro groups is 1. The zero-order valence-corrected chi connectivity index (χ0v) is 16.5. The lowest BCUT2D eigenvalue weighted by Crippen LogP contribution is -2.39. The van der Waals surface area contributed by atoms with Crippen molar-refractivity contribution in [2.75, 3.05) is 26.2 Å². The first kappa shape index (κ1) is 20.3. The Balaban J connectivity index is 1.52. The lowest BCUT2D eigenvalue weighted by Gasteiger charge is -2.30. The second kappa shape index (κ2) is 10.2. The van der Waals surface area contributed by atoms with Crippen molar-refractivity contribution in [1.82, 2.24) is 10.2 Å². The Labute approximate surface area is 168 Å². The number of hydrogen-bond acceptors (Lipinski definition) is 6. The van der Waals surface area contributed by atoms with Crippen LogP contribution in [0.4, 0.5) is 5.69 Å². The summed E-state index contributed by atoms with van der Waals surface area (Å²) in [4.78, 5) is 26.2. The van der Waals surface area contributed by atoms with Gasteiger partial charge in [-0.15, -0.1) is 11.3 Å². The summed E-state index contributed by atoms with van der Waals surface area (Å²) in [7, 11) is 0. The van der Waals surface area contributed by atoms with E-state index in [1.165, 1.54) is 54.8 Å². The molecule has 28 heavy (non-hydrogen) atoms. The highest BCUT2D eigenvalue weighted by Crippen LogP contribution is 2.27. The molecule has 2 aromatic rings. The first-order valence-corrected chi connectivity index (χ1v) is 10.4. The summed E-state index contributed by atoms with van der Waals surface area (Å²) in [6.07, 6.45) is 4.92. The van der Waals surface area contributed by atoms with Crippen LogP contribution in [0.5, 0.6) is 5.75 Å². The second-order valence-electron chi connectivity index (χ2n) is 6.83. The number of non-ortho nitro benzene ring substituents is 1. The number of amides is 1. The van der Waals surface area contributed by atoms with Crippen LogP contribution in [0.15, 0.2) is 41.8 Å².